The van der Waals surface area contributed by atoms with Crippen LogP contribution in [-0.4, -0.2) is 0 Å². The van der Waals surface area contributed by atoms with Gasteiger partial charge in [-0.3, -0.25) is 0 Å². The van der Waals surface area contributed by atoms with Crippen molar-refractivity contribution in [2.75, 3.05) is 0 Å². The van der Waals surface area contributed by atoms with E-state index >= 15 is 0 Å². The third-order valence-electron chi connectivity index (χ3n) is 0.922. The molecule has 0 saturated heterocycles. The molecule has 0 aromatic rings. The molecular formula is C7H5Br2FZn-. The first-order chi connectivity index (χ1) is 4.18. The minimum Gasteiger partial charge on any atom is -1.00 e. The van der Waals surface area contributed by atoms with Crippen LogP contribution in [0.1, 0.15) is 0 Å². The van der Waals surface area contributed by atoms with E-state index in [2.05, 4.69) is 22.5 Å². The normalized spacial score (nSPS) is 15.6. The Balaban J connectivity index is 0. The van der Waals surface area contributed by atoms with Gasteiger partial charge in [0.2, 0.25) is 0 Å². The Morgan fingerprint density at radius 1 is 1.36 bits per heavy atom. The Morgan fingerprint density at radius 3 is 2.27 bits per heavy atom. The second kappa shape index (κ2) is 6.27. The van der Waals surface area contributed by atoms with Crippen LogP contribution in [0.2, 0.25) is 0 Å². The fraction of sp³-hybridized carbons (Fsp3) is 0. The number of hydrogen-bond acceptors (Lipinski definition) is 0. The minimum absolute atomic E-state index is 0. The topological polar surface area (TPSA) is 0 Å². The summed E-state index contributed by atoms with van der Waals surface area (Å²) < 4.78 is 13.1. The number of halogens is 3. The van der Waals surface area contributed by atoms with E-state index in [-0.39, 0.29) is 42.3 Å². The van der Waals surface area contributed by atoms with Crippen molar-refractivity contribution < 1.29 is 40.8 Å². The van der Waals surface area contributed by atoms with E-state index < -0.39 is 0 Å². The Hall–Kier alpha value is 0.733. The largest absolute Gasteiger partial charge is 1.00 e. The number of hydrogen-bond donors (Lipinski definition) is 0. The van der Waals surface area contributed by atoms with Crippen LogP contribution in [0.3, 0.4) is 0 Å². The first kappa shape index (κ1) is 14.3. The quantitative estimate of drug-likeness (QED) is 0.543. The molecular weight excluding hydrogens is 328 g/mol. The third kappa shape index (κ3) is 5.05. The standard InChI is InChI=1S/C7H5BrF.BrH.Zn/c1-5-2-6(8)4-7(9)3-5;;/h2-4H,1H2;1H;/p-1. The van der Waals surface area contributed by atoms with Crippen LogP contribution in [0.25, 0.3) is 0 Å². The van der Waals surface area contributed by atoms with E-state index in [0.29, 0.717) is 5.57 Å². The summed E-state index contributed by atoms with van der Waals surface area (Å²) in [5.74, 6) is -0.255. The van der Waals surface area contributed by atoms with Gasteiger partial charge in [-0.05, 0) is 17.7 Å². The molecule has 0 aliphatic heterocycles. The van der Waals surface area contributed by atoms with Crippen LogP contribution < -0.4 is 17.0 Å². The summed E-state index contributed by atoms with van der Waals surface area (Å²) in [5, 5.41) is 0. The summed E-state index contributed by atoms with van der Waals surface area (Å²) >= 11 is 3.13. The van der Waals surface area contributed by atoms with Gasteiger partial charge in [0.25, 0.3) is 0 Å². The van der Waals surface area contributed by atoms with Gasteiger partial charge in [-0.2, -0.15) is 0 Å². The molecule has 0 heterocycles. The van der Waals surface area contributed by atoms with Crippen LogP contribution in [0.5, 0.6) is 0 Å². The molecule has 0 atom stereocenters. The molecule has 0 aromatic heterocycles. The van der Waals surface area contributed by atoms with E-state index in [9.17, 15) is 4.39 Å². The van der Waals surface area contributed by atoms with Crippen molar-refractivity contribution in [3.05, 3.63) is 41.0 Å². The fourth-order valence-corrected chi connectivity index (χ4v) is 1.12. The molecule has 0 fully saturated rings. The van der Waals surface area contributed by atoms with Crippen LogP contribution >= 0.6 is 15.9 Å². The van der Waals surface area contributed by atoms with Crippen LogP contribution in [0.15, 0.2) is 34.6 Å². The van der Waals surface area contributed by atoms with Gasteiger partial charge in [-0.1, -0.05) is 22.5 Å². The fourth-order valence-electron chi connectivity index (χ4n) is 0.611. The van der Waals surface area contributed by atoms with Gasteiger partial charge in [0.05, 0.1) is 6.42 Å². The summed E-state index contributed by atoms with van der Waals surface area (Å²) in [6, 6.07) is 0. The maximum atomic E-state index is 12.4. The summed E-state index contributed by atoms with van der Waals surface area (Å²) in [4.78, 5) is 0. The van der Waals surface area contributed by atoms with Crippen molar-refractivity contribution in [1.82, 2.24) is 0 Å². The molecule has 0 bridgehead atoms. The molecule has 11 heavy (non-hydrogen) atoms. The van der Waals surface area contributed by atoms with E-state index in [1.54, 1.807) is 6.08 Å². The van der Waals surface area contributed by atoms with E-state index in [1.165, 1.54) is 12.5 Å². The minimum atomic E-state index is -0.255. The van der Waals surface area contributed by atoms with Crippen molar-refractivity contribution >= 4 is 15.9 Å². The summed E-state index contributed by atoms with van der Waals surface area (Å²) in [5.41, 5.74) is 0.682. The van der Waals surface area contributed by atoms with Gasteiger partial charge in [0.1, 0.15) is 5.83 Å². The first-order valence-electron chi connectivity index (χ1n) is 2.46. The average Bonchev–Trinajstić information content (AvgIpc) is 1.59. The maximum absolute atomic E-state index is 12.4. The predicted molar refractivity (Wildman–Crippen MR) is 39.6 cm³/mol. The van der Waals surface area contributed by atoms with Gasteiger partial charge in [-0.25, -0.2) is 4.39 Å². The molecule has 0 aromatic carbocycles. The first-order valence-corrected chi connectivity index (χ1v) is 3.26. The second-order valence-corrected chi connectivity index (χ2v) is 2.69. The molecule has 0 N–H and O–H groups in total. The van der Waals surface area contributed by atoms with Crippen molar-refractivity contribution in [3.8, 4) is 0 Å². The molecule has 4 heteroatoms. The van der Waals surface area contributed by atoms with Gasteiger partial charge >= 0.3 is 0 Å². The Labute approximate surface area is 97.3 Å². The molecule has 0 unspecified atom stereocenters. The van der Waals surface area contributed by atoms with Crippen LogP contribution in [0, 0.1) is 6.42 Å². The maximum Gasteiger partial charge on any atom is 0.110 e. The average molecular weight is 333 g/mol. The summed E-state index contributed by atoms with van der Waals surface area (Å²) in [7, 11) is 0. The molecule has 57 valence electrons. The molecule has 1 aliphatic carbocycles. The Morgan fingerprint density at radius 2 is 1.91 bits per heavy atom. The van der Waals surface area contributed by atoms with Crippen molar-refractivity contribution in [1.29, 1.82) is 0 Å². The zero-order chi connectivity index (χ0) is 6.85. The van der Waals surface area contributed by atoms with Crippen LogP contribution in [-0.2, 0) is 19.5 Å². The summed E-state index contributed by atoms with van der Waals surface area (Å²) in [6.45, 7) is 3.57. The number of rotatable bonds is 0. The molecule has 0 saturated carbocycles. The summed E-state index contributed by atoms with van der Waals surface area (Å²) in [6.07, 6.45) is 4.53. The monoisotopic (exact) mass is 330 g/mol. The van der Waals surface area contributed by atoms with Crippen LogP contribution in [0.4, 0.5) is 4.39 Å². The SMILES string of the molecule is C=C1C=C(F)[CH]C(Br)=C1.[Br-].[Zn]. The van der Waals surface area contributed by atoms with Crippen molar-refractivity contribution in [2.24, 2.45) is 0 Å². The van der Waals surface area contributed by atoms with Gasteiger partial charge in [-0.15, -0.1) is 0 Å². The second-order valence-electron chi connectivity index (χ2n) is 1.78. The Bertz CT molecular complexity index is 188. The van der Waals surface area contributed by atoms with E-state index in [1.807, 2.05) is 0 Å². The number of allylic oxidation sites excluding steroid dienone is 5. The van der Waals surface area contributed by atoms with Gasteiger partial charge < -0.3 is 17.0 Å². The molecule has 0 nitrogen and oxygen atoms in total. The van der Waals surface area contributed by atoms with Crippen molar-refractivity contribution in [2.45, 2.75) is 0 Å². The van der Waals surface area contributed by atoms with E-state index in [0.717, 1.165) is 4.48 Å². The zero-order valence-corrected chi connectivity index (χ0v) is 11.9. The zero-order valence-electron chi connectivity index (χ0n) is 5.78. The molecule has 0 spiro atoms. The smallest absolute Gasteiger partial charge is 0.110 e. The molecule has 1 radical (unpaired) electrons. The third-order valence-corrected chi connectivity index (χ3v) is 1.38. The predicted octanol–water partition coefficient (Wildman–Crippen LogP) is -0.106. The molecule has 1 rings (SSSR count). The van der Waals surface area contributed by atoms with Crippen molar-refractivity contribution in [3.63, 3.8) is 0 Å². The van der Waals surface area contributed by atoms with Gasteiger partial charge in [0, 0.05) is 24.0 Å². The molecule has 1 aliphatic rings. The molecule has 0 amide bonds. The Kier molecular flexibility index (Phi) is 8.13. The van der Waals surface area contributed by atoms with E-state index in [4.69, 9.17) is 0 Å². The van der Waals surface area contributed by atoms with Gasteiger partial charge in [0.15, 0.2) is 0 Å².